The highest BCUT2D eigenvalue weighted by atomic mass is 16.5. The Morgan fingerprint density at radius 3 is 1.95 bits per heavy atom. The summed E-state index contributed by atoms with van der Waals surface area (Å²) in [5, 5.41) is 22.5. The van der Waals surface area contributed by atoms with Gasteiger partial charge in [0.15, 0.2) is 0 Å². The number of benzene rings is 2. The van der Waals surface area contributed by atoms with Crippen LogP contribution in [0.25, 0.3) is 10.4 Å². The maximum absolute atomic E-state index is 14.5. The zero-order chi connectivity index (χ0) is 70.5. The first-order valence-corrected chi connectivity index (χ1v) is 32.0. The van der Waals surface area contributed by atoms with Crippen molar-refractivity contribution in [3.63, 3.8) is 0 Å². The third-order valence-corrected chi connectivity index (χ3v) is 16.6. The maximum atomic E-state index is 14.5. The van der Waals surface area contributed by atoms with E-state index in [1.54, 1.807) is 60.2 Å². The molecule has 524 valence electrons. The Kier molecular flexibility index (Phi) is 34.2. The van der Waals surface area contributed by atoms with E-state index in [0.717, 1.165) is 0 Å². The summed E-state index contributed by atoms with van der Waals surface area (Å²) in [6.45, 7) is 17.2. The van der Waals surface area contributed by atoms with Crippen LogP contribution in [-0.2, 0) is 68.5 Å². The van der Waals surface area contributed by atoms with E-state index in [4.69, 9.17) is 36.1 Å². The van der Waals surface area contributed by atoms with Gasteiger partial charge in [-0.3, -0.25) is 52.8 Å². The number of nitrogens with zero attached hydrogens (tertiary/aromatic N) is 6. The van der Waals surface area contributed by atoms with Gasteiger partial charge in [0.25, 0.3) is 5.91 Å². The second-order valence-corrected chi connectivity index (χ2v) is 24.8. The Labute approximate surface area is 552 Å². The van der Waals surface area contributed by atoms with Gasteiger partial charge in [0.05, 0.1) is 86.9 Å². The fraction of sp³-hybridized carbons (Fsp3) is 0.656. The fourth-order valence-corrected chi connectivity index (χ4v) is 11.3. The van der Waals surface area contributed by atoms with Crippen LogP contribution in [0.15, 0.2) is 47.6 Å². The average molecular weight is 1320 g/mol. The van der Waals surface area contributed by atoms with Crippen molar-refractivity contribution < 1.29 is 66.9 Å². The molecule has 94 heavy (non-hydrogen) atoms. The number of carbonyl (C=O) groups excluding carboxylic acids is 10. The molecule has 0 saturated carbocycles. The van der Waals surface area contributed by atoms with Gasteiger partial charge in [-0.15, -0.1) is 0 Å². The molecule has 0 aromatic heterocycles. The quantitative estimate of drug-likeness (QED) is 0.0150. The highest BCUT2D eigenvalue weighted by molar-refractivity contribution is 6.01. The number of primary amides is 1. The number of likely N-dealkylation sites (tertiary alicyclic amines) is 1. The highest BCUT2D eigenvalue weighted by Crippen LogP contribution is 2.30. The SMILES string of the molecule is CC[C@H](C)[C@@H]([C@@H](CC(=O)N1CCC[C@H]1[C@H](OC)[C@@H](C)C(=O)N[C@H](CN=[N+]=[N-])Cc1ccc(NC(=O)[C@H](CC(N)=O)NC(=O)[C@H](C)NC(=O)[C@H](C)NC(=O)CCOCCOCCNC(=O)c2ccc(N)c(N)c2)cc1)OC)N(C)C(=O)[C@@H](NC(=O)[C@H](C(C)C)N(C)C)C(C)C. The van der Waals surface area contributed by atoms with Crippen molar-refractivity contribution >= 4 is 76.1 Å². The molecule has 3 rings (SSSR count). The minimum atomic E-state index is -1.46. The number of likely N-dealkylation sites (N-methyl/N-ethyl adjacent to an activating group) is 2. The van der Waals surface area contributed by atoms with Crippen molar-refractivity contribution in [2.24, 2.45) is 34.5 Å². The van der Waals surface area contributed by atoms with E-state index in [2.05, 4.69) is 47.2 Å². The van der Waals surface area contributed by atoms with Crippen LogP contribution >= 0.6 is 0 Å². The van der Waals surface area contributed by atoms with E-state index < -0.39 is 108 Å². The first-order chi connectivity index (χ1) is 44.4. The molecule has 0 bridgehead atoms. The number of azide groups is 1. The average Bonchev–Trinajstić information content (AvgIpc) is 1.14. The van der Waals surface area contributed by atoms with Gasteiger partial charge in [-0.25, -0.2) is 0 Å². The lowest BCUT2D eigenvalue weighted by Gasteiger charge is -2.41. The Balaban J connectivity index is 1.57. The summed E-state index contributed by atoms with van der Waals surface area (Å²) in [7, 11) is 8.33. The van der Waals surface area contributed by atoms with Gasteiger partial charge in [-0.05, 0) is 106 Å². The molecule has 1 heterocycles. The van der Waals surface area contributed by atoms with Crippen LogP contribution in [0.2, 0.25) is 0 Å². The van der Waals surface area contributed by atoms with Crippen molar-refractivity contribution in [1.82, 2.24) is 46.6 Å². The number of nitrogens with two attached hydrogens (primary N) is 3. The molecule has 10 amide bonds. The number of hydrogen-bond donors (Lipinski definition) is 10. The number of ether oxygens (including phenoxy) is 4. The van der Waals surface area contributed by atoms with Crippen molar-refractivity contribution in [2.75, 3.05) is 98.2 Å². The number of methoxy groups -OCH3 is 2. The minimum absolute atomic E-state index is 0.0110. The van der Waals surface area contributed by atoms with Gasteiger partial charge < -0.3 is 83.2 Å². The Morgan fingerprint density at radius 1 is 0.734 bits per heavy atom. The molecule has 1 aliphatic rings. The Morgan fingerprint density at radius 2 is 1.37 bits per heavy atom. The predicted octanol–water partition coefficient (Wildman–Crippen LogP) is 2.00. The molecule has 1 fully saturated rings. The largest absolute Gasteiger partial charge is 0.397 e. The van der Waals surface area contributed by atoms with Gasteiger partial charge in [-0.1, -0.05) is 72.1 Å². The molecule has 30 nitrogen and oxygen atoms in total. The van der Waals surface area contributed by atoms with E-state index in [0.29, 0.717) is 48.3 Å². The maximum Gasteiger partial charge on any atom is 0.251 e. The van der Waals surface area contributed by atoms with Gasteiger partial charge in [0.1, 0.15) is 24.2 Å². The van der Waals surface area contributed by atoms with Crippen LogP contribution in [-0.4, -0.2) is 216 Å². The zero-order valence-electron chi connectivity index (χ0n) is 57.2. The molecule has 0 unspecified atom stereocenters. The van der Waals surface area contributed by atoms with Crippen LogP contribution < -0.4 is 54.4 Å². The minimum Gasteiger partial charge on any atom is -0.397 e. The number of hydrogen-bond acceptors (Lipinski definition) is 18. The Hall–Kier alpha value is -8.15. The van der Waals surface area contributed by atoms with Crippen LogP contribution in [0.3, 0.4) is 0 Å². The number of amides is 10. The van der Waals surface area contributed by atoms with E-state index in [9.17, 15) is 53.5 Å². The van der Waals surface area contributed by atoms with Gasteiger partial charge in [0.2, 0.25) is 53.2 Å². The van der Waals surface area contributed by atoms with Crippen LogP contribution in [0.4, 0.5) is 17.1 Å². The number of nitrogen functional groups attached to an aromatic ring is 2. The molecule has 0 spiro atoms. The first-order valence-electron chi connectivity index (χ1n) is 32.0. The highest BCUT2D eigenvalue weighted by Gasteiger charge is 2.44. The molecule has 12 atom stereocenters. The third-order valence-electron chi connectivity index (χ3n) is 16.6. The van der Waals surface area contributed by atoms with Crippen molar-refractivity contribution in [3.8, 4) is 0 Å². The van der Waals surface area contributed by atoms with Crippen LogP contribution in [0.5, 0.6) is 0 Å². The molecule has 13 N–H and O–H groups in total. The first kappa shape index (κ1) is 80.1. The number of nitrogens with one attached hydrogen (secondary N) is 7. The van der Waals surface area contributed by atoms with Crippen LogP contribution in [0.1, 0.15) is 117 Å². The lowest BCUT2D eigenvalue weighted by Crippen LogP contribution is -2.59. The summed E-state index contributed by atoms with van der Waals surface area (Å²) in [4.78, 5) is 141. The predicted molar refractivity (Wildman–Crippen MR) is 355 cm³/mol. The third kappa shape index (κ3) is 25.3. The van der Waals surface area contributed by atoms with Gasteiger partial charge in [0, 0.05) is 69.5 Å². The van der Waals surface area contributed by atoms with E-state index in [1.807, 2.05) is 60.5 Å². The van der Waals surface area contributed by atoms with E-state index in [-0.39, 0.29) is 106 Å². The molecule has 2 aromatic carbocycles. The molecule has 0 aliphatic carbocycles. The fourth-order valence-electron chi connectivity index (χ4n) is 11.3. The summed E-state index contributed by atoms with van der Waals surface area (Å²) in [5.41, 5.74) is 28.2. The molecule has 1 saturated heterocycles. The van der Waals surface area contributed by atoms with Crippen molar-refractivity contribution in [1.29, 1.82) is 0 Å². The smallest absolute Gasteiger partial charge is 0.251 e. The normalized spacial score (nSPS) is 16.5. The van der Waals surface area contributed by atoms with Gasteiger partial charge >= 0.3 is 0 Å². The topological polar surface area (TPSA) is 428 Å². The monoisotopic (exact) mass is 1320 g/mol. The van der Waals surface area contributed by atoms with E-state index >= 15 is 0 Å². The standard InChI is InChI=1S/C64H104N16O14/c1-15-38(6)56(79(12)64(90)54(36(2)3)76-63(89)55(37(4)5)78(10)11)50(91-13)34-53(83)80-26-16-17-49(80)57(92-14)39(7)58(84)74-45(35-70-77-68)31-42-18-21-44(22-19-42)73-62(88)48(33-51(67)81)75-60(86)41(9)72-59(85)40(8)71-52(82)24-27-93-29-30-94-28-25-69-61(87)43-20-23-46(65)47(66)32-43/h18-23,32,36-41,45,48-50,54-57H,15-17,24-31,33-35,65-66H2,1-14H3,(H2,67,81)(H,69,87)(H,71,82)(H,72,85)(H,73,88)(H,74,84)(H,75,86)(H,76,89)/t38-,39+,40-,41-,45-,48-,49-,50+,54-,55-,56-,57+/m0/s1. The number of rotatable bonds is 41. The van der Waals surface area contributed by atoms with Crippen molar-refractivity contribution in [3.05, 3.63) is 64.0 Å². The zero-order valence-corrected chi connectivity index (χ0v) is 57.2. The molecule has 2 aromatic rings. The molecular formula is C64H104N16O14. The molecule has 0 radical (unpaired) electrons. The molecule has 1 aliphatic heterocycles. The summed E-state index contributed by atoms with van der Waals surface area (Å²) in [5.74, 6) is -6.47. The summed E-state index contributed by atoms with van der Waals surface area (Å²) in [6.07, 6.45) is -0.210. The van der Waals surface area contributed by atoms with Crippen LogP contribution in [0, 0.1) is 23.7 Å². The summed E-state index contributed by atoms with van der Waals surface area (Å²) >= 11 is 0. The summed E-state index contributed by atoms with van der Waals surface area (Å²) < 4.78 is 23.0. The Bertz CT molecular complexity index is 2890. The van der Waals surface area contributed by atoms with Crippen molar-refractivity contribution in [2.45, 2.75) is 168 Å². The molecule has 30 heteroatoms. The lowest BCUT2D eigenvalue weighted by atomic mass is 9.89. The second kappa shape index (κ2) is 40.2. The lowest BCUT2D eigenvalue weighted by molar-refractivity contribution is -0.148. The van der Waals surface area contributed by atoms with E-state index in [1.165, 1.54) is 34.1 Å². The molecular weight excluding hydrogens is 1220 g/mol. The number of carbonyl (C=O) groups is 10. The number of anilines is 3. The van der Waals surface area contributed by atoms with Gasteiger partial charge in [-0.2, -0.15) is 0 Å². The second-order valence-electron chi connectivity index (χ2n) is 24.8. The summed E-state index contributed by atoms with van der Waals surface area (Å²) in [6, 6.07) is 4.19.